The summed E-state index contributed by atoms with van der Waals surface area (Å²) in [5, 5.41) is 0.181. The Balaban J connectivity index is 2.29. The third-order valence-electron chi connectivity index (χ3n) is 4.70. The SMILES string of the molecule is Cc1c(C=O)sc2c1c(=O)n(C1CCCC1)c(=O)n2CCC(F)(F)F. The number of rotatable bonds is 4. The van der Waals surface area contributed by atoms with Crippen LogP contribution in [0.2, 0.25) is 0 Å². The Bertz CT molecular complexity index is 933. The molecule has 0 N–H and O–H groups in total. The van der Waals surface area contributed by atoms with Gasteiger partial charge in [0, 0.05) is 12.6 Å². The van der Waals surface area contributed by atoms with E-state index in [0.29, 0.717) is 24.7 Å². The number of aryl methyl sites for hydroxylation is 2. The highest BCUT2D eigenvalue weighted by atomic mass is 32.1. The number of nitrogens with zero attached hydrogens (tertiary/aromatic N) is 2. The molecular formula is C16H17F3N2O3S. The second-order valence-electron chi connectivity index (χ2n) is 6.30. The van der Waals surface area contributed by atoms with E-state index < -0.39 is 30.4 Å². The predicted octanol–water partition coefficient (Wildman–Crippen LogP) is 3.41. The summed E-state index contributed by atoms with van der Waals surface area (Å²) in [4.78, 5) is 37.3. The minimum Gasteiger partial charge on any atom is -0.297 e. The van der Waals surface area contributed by atoms with E-state index in [1.54, 1.807) is 6.92 Å². The van der Waals surface area contributed by atoms with Crippen molar-refractivity contribution in [3.8, 4) is 0 Å². The number of fused-ring (bicyclic) bond motifs is 1. The highest BCUT2D eigenvalue weighted by molar-refractivity contribution is 7.20. The molecule has 0 bridgehead atoms. The second kappa shape index (κ2) is 6.44. The molecule has 1 saturated carbocycles. The third kappa shape index (κ3) is 3.17. The number of halogens is 3. The number of thiophene rings is 1. The fourth-order valence-corrected chi connectivity index (χ4v) is 4.55. The summed E-state index contributed by atoms with van der Waals surface area (Å²) in [6.45, 7) is 1.02. The normalized spacial score (nSPS) is 16.0. The molecule has 2 aromatic heterocycles. The second-order valence-corrected chi connectivity index (χ2v) is 7.33. The van der Waals surface area contributed by atoms with Crippen molar-refractivity contribution < 1.29 is 18.0 Å². The average molecular weight is 374 g/mol. The first-order valence-electron chi connectivity index (χ1n) is 8.05. The molecule has 0 atom stereocenters. The van der Waals surface area contributed by atoms with Crippen molar-refractivity contribution in [2.45, 2.75) is 57.8 Å². The number of carbonyl (C=O) groups is 1. The van der Waals surface area contributed by atoms with Crippen LogP contribution in [0, 0.1) is 6.92 Å². The molecule has 9 heteroatoms. The van der Waals surface area contributed by atoms with Crippen LogP contribution in [0.5, 0.6) is 0 Å². The zero-order chi connectivity index (χ0) is 18.4. The van der Waals surface area contributed by atoms with Crippen LogP contribution < -0.4 is 11.2 Å². The van der Waals surface area contributed by atoms with Crippen LogP contribution in [0.15, 0.2) is 9.59 Å². The highest BCUT2D eigenvalue weighted by Gasteiger charge is 2.30. The lowest BCUT2D eigenvalue weighted by Crippen LogP contribution is -2.42. The molecule has 0 saturated heterocycles. The molecule has 0 radical (unpaired) electrons. The van der Waals surface area contributed by atoms with E-state index in [2.05, 4.69) is 0 Å². The van der Waals surface area contributed by atoms with Gasteiger partial charge in [-0.3, -0.25) is 18.7 Å². The van der Waals surface area contributed by atoms with Crippen molar-refractivity contribution in [3.63, 3.8) is 0 Å². The number of hydrogen-bond donors (Lipinski definition) is 0. The maximum atomic E-state index is 12.9. The molecule has 0 aliphatic heterocycles. The summed E-state index contributed by atoms with van der Waals surface area (Å²) in [7, 11) is 0. The minimum absolute atomic E-state index is 0.146. The van der Waals surface area contributed by atoms with Crippen LogP contribution in [-0.4, -0.2) is 21.6 Å². The molecule has 136 valence electrons. The molecular weight excluding hydrogens is 357 g/mol. The summed E-state index contributed by atoms with van der Waals surface area (Å²) >= 11 is 0.895. The quantitative estimate of drug-likeness (QED) is 0.771. The monoisotopic (exact) mass is 374 g/mol. The summed E-state index contributed by atoms with van der Waals surface area (Å²) in [5.74, 6) is 0. The zero-order valence-corrected chi connectivity index (χ0v) is 14.4. The predicted molar refractivity (Wildman–Crippen MR) is 88.6 cm³/mol. The van der Waals surface area contributed by atoms with Gasteiger partial charge in [-0.05, 0) is 25.3 Å². The maximum Gasteiger partial charge on any atom is 0.390 e. The first kappa shape index (κ1) is 17.9. The molecule has 0 spiro atoms. The van der Waals surface area contributed by atoms with Crippen molar-refractivity contribution >= 4 is 27.8 Å². The van der Waals surface area contributed by atoms with Crippen LogP contribution in [0.4, 0.5) is 13.2 Å². The van der Waals surface area contributed by atoms with Crippen molar-refractivity contribution in [2.24, 2.45) is 0 Å². The molecule has 0 aromatic carbocycles. The van der Waals surface area contributed by atoms with E-state index in [9.17, 15) is 27.6 Å². The average Bonchev–Trinajstić information content (AvgIpc) is 3.14. The van der Waals surface area contributed by atoms with Crippen LogP contribution >= 0.6 is 11.3 Å². The van der Waals surface area contributed by atoms with E-state index in [0.717, 1.165) is 33.3 Å². The number of aromatic nitrogens is 2. The van der Waals surface area contributed by atoms with Crippen LogP contribution in [0.3, 0.4) is 0 Å². The molecule has 3 rings (SSSR count). The van der Waals surface area contributed by atoms with Gasteiger partial charge in [0.15, 0.2) is 6.29 Å². The lowest BCUT2D eigenvalue weighted by molar-refractivity contribution is -0.136. The molecule has 0 amide bonds. The summed E-state index contributed by atoms with van der Waals surface area (Å²) in [6.07, 6.45) is -1.96. The third-order valence-corrected chi connectivity index (χ3v) is 5.94. The highest BCUT2D eigenvalue weighted by Crippen LogP contribution is 2.31. The van der Waals surface area contributed by atoms with Gasteiger partial charge in [-0.25, -0.2) is 4.79 Å². The number of hydrogen-bond acceptors (Lipinski definition) is 4. The Kier molecular flexibility index (Phi) is 4.61. The van der Waals surface area contributed by atoms with E-state index in [1.165, 1.54) is 0 Å². The first-order chi connectivity index (χ1) is 11.7. The van der Waals surface area contributed by atoms with Crippen molar-refractivity contribution in [1.82, 2.24) is 9.13 Å². The Morgan fingerprint density at radius 2 is 1.88 bits per heavy atom. The Morgan fingerprint density at radius 3 is 2.44 bits per heavy atom. The molecule has 2 aromatic rings. The van der Waals surface area contributed by atoms with Gasteiger partial charge in [-0.15, -0.1) is 11.3 Å². The summed E-state index contributed by atoms with van der Waals surface area (Å²) in [6, 6.07) is -0.291. The first-order valence-corrected chi connectivity index (χ1v) is 8.86. The Labute approximate surface area is 144 Å². The minimum atomic E-state index is -4.42. The van der Waals surface area contributed by atoms with Crippen molar-refractivity contribution in [2.75, 3.05) is 0 Å². The topological polar surface area (TPSA) is 61.1 Å². The maximum absolute atomic E-state index is 12.9. The molecule has 2 heterocycles. The van der Waals surface area contributed by atoms with Crippen molar-refractivity contribution in [3.05, 3.63) is 31.3 Å². The smallest absolute Gasteiger partial charge is 0.297 e. The van der Waals surface area contributed by atoms with Gasteiger partial charge >= 0.3 is 11.9 Å². The molecule has 0 unspecified atom stereocenters. The zero-order valence-electron chi connectivity index (χ0n) is 13.6. The van der Waals surface area contributed by atoms with Crippen LogP contribution in [0.25, 0.3) is 10.2 Å². The van der Waals surface area contributed by atoms with Gasteiger partial charge in [0.25, 0.3) is 5.56 Å². The number of aldehydes is 1. The summed E-state index contributed by atoms with van der Waals surface area (Å²) in [5.41, 5.74) is -0.795. The van der Waals surface area contributed by atoms with Gasteiger partial charge in [-0.1, -0.05) is 12.8 Å². The van der Waals surface area contributed by atoms with Crippen molar-refractivity contribution in [1.29, 1.82) is 0 Å². The largest absolute Gasteiger partial charge is 0.390 e. The lowest BCUT2D eigenvalue weighted by atomic mass is 10.2. The van der Waals surface area contributed by atoms with Gasteiger partial charge in [0.05, 0.1) is 16.7 Å². The van der Waals surface area contributed by atoms with Crippen LogP contribution in [-0.2, 0) is 6.54 Å². The standard InChI is InChI=1S/C16H17F3N2O3S/c1-9-11(8-22)25-14-12(9)13(23)21(10-4-2-3-5-10)15(24)20(14)7-6-16(17,18)19/h8,10H,2-7H2,1H3. The van der Waals surface area contributed by atoms with Crippen LogP contribution in [0.1, 0.15) is 53.4 Å². The molecule has 25 heavy (non-hydrogen) atoms. The van der Waals surface area contributed by atoms with E-state index >= 15 is 0 Å². The molecule has 1 aliphatic carbocycles. The number of carbonyl (C=O) groups excluding carboxylic acids is 1. The summed E-state index contributed by atoms with van der Waals surface area (Å²) < 4.78 is 40.1. The van der Waals surface area contributed by atoms with Gasteiger partial charge in [0.2, 0.25) is 0 Å². The fourth-order valence-electron chi connectivity index (χ4n) is 3.41. The Hall–Kier alpha value is -1.90. The Morgan fingerprint density at radius 1 is 1.24 bits per heavy atom. The van der Waals surface area contributed by atoms with E-state index in [-0.39, 0.29) is 21.1 Å². The number of alkyl halides is 3. The van der Waals surface area contributed by atoms with E-state index in [4.69, 9.17) is 0 Å². The molecule has 5 nitrogen and oxygen atoms in total. The molecule has 1 fully saturated rings. The van der Waals surface area contributed by atoms with Gasteiger partial charge in [0.1, 0.15) is 4.83 Å². The van der Waals surface area contributed by atoms with E-state index in [1.807, 2.05) is 0 Å². The molecule has 1 aliphatic rings. The van der Waals surface area contributed by atoms with Gasteiger partial charge in [-0.2, -0.15) is 13.2 Å². The fraction of sp³-hybridized carbons (Fsp3) is 0.562. The van der Waals surface area contributed by atoms with Gasteiger partial charge < -0.3 is 0 Å². The lowest BCUT2D eigenvalue weighted by Gasteiger charge is -2.17.